The lowest BCUT2D eigenvalue weighted by molar-refractivity contribution is 0.783. The molecule has 0 unspecified atom stereocenters. The zero-order valence-electron chi connectivity index (χ0n) is 12.8. The molecule has 0 spiro atoms. The lowest BCUT2D eigenvalue weighted by atomic mass is 9.99. The van der Waals surface area contributed by atoms with Crippen molar-refractivity contribution in [3.8, 4) is 21.7 Å². The normalized spacial score (nSPS) is 11.0. The monoisotopic (exact) mass is 297 g/mol. The van der Waals surface area contributed by atoms with Gasteiger partial charge < -0.3 is 5.73 Å². The summed E-state index contributed by atoms with van der Waals surface area (Å²) in [4.78, 5) is 2.50. The van der Waals surface area contributed by atoms with Crippen LogP contribution in [0.4, 0.5) is 5.82 Å². The van der Waals surface area contributed by atoms with Crippen LogP contribution < -0.4 is 5.73 Å². The Hall–Kier alpha value is -2.07. The van der Waals surface area contributed by atoms with Crippen molar-refractivity contribution in [2.24, 2.45) is 7.05 Å². The summed E-state index contributed by atoms with van der Waals surface area (Å²) in [6.45, 7) is 6.38. The van der Waals surface area contributed by atoms with Gasteiger partial charge in [-0.1, -0.05) is 24.3 Å². The van der Waals surface area contributed by atoms with Crippen LogP contribution in [0, 0.1) is 20.8 Å². The van der Waals surface area contributed by atoms with Gasteiger partial charge in [0.1, 0.15) is 11.5 Å². The fourth-order valence-electron chi connectivity index (χ4n) is 2.52. The van der Waals surface area contributed by atoms with E-state index in [0.29, 0.717) is 5.82 Å². The molecule has 0 aliphatic rings. The minimum Gasteiger partial charge on any atom is -0.383 e. The first-order chi connectivity index (χ1) is 9.99. The zero-order chi connectivity index (χ0) is 15.1. The predicted molar refractivity (Wildman–Crippen MR) is 90.6 cm³/mol. The minimum atomic E-state index is 0.711. The van der Waals surface area contributed by atoms with Gasteiger partial charge in [-0.3, -0.25) is 4.68 Å². The van der Waals surface area contributed by atoms with Crippen LogP contribution in [0.15, 0.2) is 30.3 Å². The van der Waals surface area contributed by atoms with Gasteiger partial charge in [0.15, 0.2) is 0 Å². The van der Waals surface area contributed by atoms with Crippen LogP contribution in [-0.4, -0.2) is 9.78 Å². The van der Waals surface area contributed by atoms with E-state index < -0.39 is 0 Å². The molecular formula is C17H19N3S. The van der Waals surface area contributed by atoms with Gasteiger partial charge in [-0.15, -0.1) is 11.3 Å². The van der Waals surface area contributed by atoms with Crippen LogP contribution in [0.25, 0.3) is 21.7 Å². The molecule has 0 amide bonds. The first-order valence-corrected chi connectivity index (χ1v) is 7.76. The fraction of sp³-hybridized carbons (Fsp3) is 0.235. The molecule has 0 atom stereocenters. The zero-order valence-corrected chi connectivity index (χ0v) is 13.6. The average Bonchev–Trinajstić information content (AvgIpc) is 2.93. The summed E-state index contributed by atoms with van der Waals surface area (Å²) in [6.07, 6.45) is 0. The molecule has 0 bridgehead atoms. The van der Waals surface area contributed by atoms with Crippen molar-refractivity contribution >= 4 is 17.2 Å². The van der Waals surface area contributed by atoms with Crippen molar-refractivity contribution in [2.45, 2.75) is 20.8 Å². The van der Waals surface area contributed by atoms with Gasteiger partial charge >= 0.3 is 0 Å². The molecule has 0 aliphatic heterocycles. The number of aromatic nitrogens is 2. The highest BCUT2D eigenvalue weighted by molar-refractivity contribution is 7.15. The Balaban J connectivity index is 2.28. The van der Waals surface area contributed by atoms with E-state index in [1.165, 1.54) is 20.9 Å². The van der Waals surface area contributed by atoms with Crippen molar-refractivity contribution in [1.82, 2.24) is 9.78 Å². The second kappa shape index (κ2) is 5.04. The van der Waals surface area contributed by atoms with E-state index >= 15 is 0 Å². The molecule has 0 aliphatic carbocycles. The predicted octanol–water partition coefficient (Wildman–Crippen LogP) is 4.32. The molecule has 0 fully saturated rings. The molecule has 0 saturated heterocycles. The van der Waals surface area contributed by atoms with E-state index in [9.17, 15) is 0 Å². The molecule has 2 heterocycles. The van der Waals surface area contributed by atoms with Crippen molar-refractivity contribution in [1.29, 1.82) is 0 Å². The maximum Gasteiger partial charge on any atom is 0.129 e. The quantitative estimate of drug-likeness (QED) is 0.765. The molecular weight excluding hydrogens is 278 g/mol. The van der Waals surface area contributed by atoms with Gasteiger partial charge in [-0.05, 0) is 43.5 Å². The Morgan fingerprint density at radius 1 is 1.10 bits per heavy atom. The number of nitrogen functional groups attached to an aromatic ring is 1. The first kappa shape index (κ1) is 13.9. The summed E-state index contributed by atoms with van der Waals surface area (Å²) in [5.74, 6) is 0.711. The fourth-order valence-corrected chi connectivity index (χ4v) is 3.54. The van der Waals surface area contributed by atoms with E-state index in [2.05, 4.69) is 44.1 Å². The maximum atomic E-state index is 6.29. The van der Waals surface area contributed by atoms with Gasteiger partial charge in [-0.2, -0.15) is 5.10 Å². The molecule has 2 N–H and O–H groups in total. The SMILES string of the molecule is Cc1ccccc1-c1c(-c2cc(C)c(C)s2)nn(C)c1N. The summed E-state index contributed by atoms with van der Waals surface area (Å²) >= 11 is 1.77. The molecule has 21 heavy (non-hydrogen) atoms. The molecule has 2 aromatic heterocycles. The van der Waals surface area contributed by atoms with Gasteiger partial charge in [0.25, 0.3) is 0 Å². The van der Waals surface area contributed by atoms with Gasteiger partial charge in [0.2, 0.25) is 0 Å². The number of hydrogen-bond donors (Lipinski definition) is 1. The third kappa shape index (κ3) is 2.25. The van der Waals surface area contributed by atoms with E-state index in [0.717, 1.165) is 16.8 Å². The highest BCUT2D eigenvalue weighted by Gasteiger charge is 2.20. The third-order valence-corrected chi connectivity index (χ3v) is 5.06. The molecule has 3 aromatic rings. The van der Waals surface area contributed by atoms with Crippen LogP contribution in [0.5, 0.6) is 0 Å². The Bertz CT molecular complexity index is 792. The van der Waals surface area contributed by atoms with Crippen LogP contribution in [0.1, 0.15) is 16.0 Å². The van der Waals surface area contributed by atoms with Gasteiger partial charge in [-0.25, -0.2) is 0 Å². The van der Waals surface area contributed by atoms with E-state index in [-0.39, 0.29) is 0 Å². The lowest BCUT2D eigenvalue weighted by Crippen LogP contribution is -1.98. The third-order valence-electron chi connectivity index (χ3n) is 3.91. The molecule has 0 radical (unpaired) electrons. The highest BCUT2D eigenvalue weighted by Crippen LogP contribution is 2.40. The van der Waals surface area contributed by atoms with Gasteiger partial charge in [0.05, 0.1) is 10.4 Å². The number of hydrogen-bond acceptors (Lipinski definition) is 3. The molecule has 4 heteroatoms. The number of aryl methyl sites for hydroxylation is 4. The minimum absolute atomic E-state index is 0.711. The number of benzene rings is 1. The number of anilines is 1. The summed E-state index contributed by atoms with van der Waals surface area (Å²) < 4.78 is 1.77. The molecule has 1 aromatic carbocycles. The van der Waals surface area contributed by atoms with E-state index in [1.54, 1.807) is 16.0 Å². The topological polar surface area (TPSA) is 43.8 Å². The summed E-state index contributed by atoms with van der Waals surface area (Å²) in [7, 11) is 1.90. The highest BCUT2D eigenvalue weighted by atomic mass is 32.1. The standard InChI is InChI=1S/C17H19N3S/c1-10-7-5-6-8-13(10)15-16(19-20(4)17(15)18)14-9-11(2)12(3)21-14/h5-9H,18H2,1-4H3. The first-order valence-electron chi connectivity index (χ1n) is 6.95. The molecule has 3 nitrogen and oxygen atoms in total. The van der Waals surface area contributed by atoms with Crippen molar-refractivity contribution in [3.63, 3.8) is 0 Å². The summed E-state index contributed by atoms with van der Waals surface area (Å²) in [5.41, 5.74) is 12.0. The van der Waals surface area contributed by atoms with Crippen molar-refractivity contribution < 1.29 is 0 Å². The maximum absolute atomic E-state index is 6.29. The van der Waals surface area contributed by atoms with Crippen molar-refractivity contribution in [2.75, 3.05) is 5.73 Å². The second-order valence-corrected chi connectivity index (χ2v) is 6.65. The average molecular weight is 297 g/mol. The number of rotatable bonds is 2. The van der Waals surface area contributed by atoms with Crippen LogP contribution in [0.2, 0.25) is 0 Å². The van der Waals surface area contributed by atoms with Crippen LogP contribution in [0.3, 0.4) is 0 Å². The number of nitrogens with two attached hydrogens (primary N) is 1. The van der Waals surface area contributed by atoms with E-state index in [1.807, 2.05) is 19.2 Å². The van der Waals surface area contributed by atoms with Crippen LogP contribution in [-0.2, 0) is 7.05 Å². The Kier molecular flexibility index (Phi) is 3.33. The lowest BCUT2D eigenvalue weighted by Gasteiger charge is -2.06. The molecule has 3 rings (SSSR count). The number of thiophene rings is 1. The molecule has 108 valence electrons. The second-order valence-electron chi connectivity index (χ2n) is 5.40. The largest absolute Gasteiger partial charge is 0.383 e. The number of nitrogens with zero attached hydrogens (tertiary/aromatic N) is 2. The Morgan fingerprint density at radius 2 is 1.81 bits per heavy atom. The van der Waals surface area contributed by atoms with Crippen molar-refractivity contribution in [3.05, 3.63) is 46.3 Å². The smallest absolute Gasteiger partial charge is 0.129 e. The van der Waals surface area contributed by atoms with E-state index in [4.69, 9.17) is 5.73 Å². The molecule has 0 saturated carbocycles. The van der Waals surface area contributed by atoms with Gasteiger partial charge in [0, 0.05) is 11.9 Å². The Labute approximate surface area is 129 Å². The summed E-state index contributed by atoms with van der Waals surface area (Å²) in [6, 6.07) is 10.5. The van der Waals surface area contributed by atoms with Crippen LogP contribution >= 0.6 is 11.3 Å². The Morgan fingerprint density at radius 3 is 2.43 bits per heavy atom. The summed E-state index contributed by atoms with van der Waals surface area (Å²) in [5, 5.41) is 4.65.